The maximum Gasteiger partial charge on any atom is 0.307 e. The first-order chi connectivity index (χ1) is 7.52. The molecule has 0 heterocycles. The van der Waals surface area contributed by atoms with Crippen molar-refractivity contribution in [3.05, 3.63) is 33.8 Å². The number of halogens is 2. The first-order valence-electron chi connectivity index (χ1n) is 4.59. The van der Waals surface area contributed by atoms with Gasteiger partial charge in [0, 0.05) is 10.9 Å². The van der Waals surface area contributed by atoms with E-state index in [4.69, 9.17) is 5.11 Å². The standard InChI is InChI=1S/C11H10Br2O3/c12-6-9(14)4-7-1-2-10(13)8(3-7)5-11(15)16/h1-3H,4-6H2,(H,15,16). The fraction of sp³-hybridized carbons (Fsp3) is 0.273. The molecule has 0 saturated heterocycles. The summed E-state index contributed by atoms with van der Waals surface area (Å²) in [6, 6.07) is 5.34. The molecule has 1 rings (SSSR count). The van der Waals surface area contributed by atoms with Crippen molar-refractivity contribution in [3.8, 4) is 0 Å². The summed E-state index contributed by atoms with van der Waals surface area (Å²) in [6.07, 6.45) is 0.280. The van der Waals surface area contributed by atoms with Crippen molar-refractivity contribution in [1.82, 2.24) is 0 Å². The molecule has 16 heavy (non-hydrogen) atoms. The van der Waals surface area contributed by atoms with E-state index in [0.717, 1.165) is 10.0 Å². The third-order valence-corrected chi connectivity index (χ3v) is 3.40. The van der Waals surface area contributed by atoms with E-state index in [9.17, 15) is 9.59 Å². The second-order valence-electron chi connectivity index (χ2n) is 3.35. The molecule has 0 aromatic heterocycles. The normalized spacial score (nSPS) is 10.1. The van der Waals surface area contributed by atoms with E-state index in [-0.39, 0.29) is 12.2 Å². The first-order valence-corrected chi connectivity index (χ1v) is 6.51. The summed E-state index contributed by atoms with van der Waals surface area (Å²) >= 11 is 6.38. The lowest BCUT2D eigenvalue weighted by Gasteiger charge is -2.05. The van der Waals surface area contributed by atoms with Gasteiger partial charge in [-0.1, -0.05) is 44.0 Å². The summed E-state index contributed by atoms with van der Waals surface area (Å²) in [5.41, 5.74) is 1.52. The van der Waals surface area contributed by atoms with E-state index >= 15 is 0 Å². The molecular formula is C11H10Br2O3. The van der Waals surface area contributed by atoms with Crippen LogP contribution in [-0.4, -0.2) is 22.2 Å². The van der Waals surface area contributed by atoms with Crippen LogP contribution in [0.2, 0.25) is 0 Å². The van der Waals surface area contributed by atoms with Crippen LogP contribution in [0.15, 0.2) is 22.7 Å². The lowest BCUT2D eigenvalue weighted by Crippen LogP contribution is -2.05. The molecule has 0 aliphatic carbocycles. The Hall–Kier alpha value is -0.680. The number of ketones is 1. The summed E-state index contributed by atoms with van der Waals surface area (Å²) in [7, 11) is 0. The number of hydrogen-bond donors (Lipinski definition) is 1. The molecule has 0 unspecified atom stereocenters. The zero-order valence-corrected chi connectivity index (χ0v) is 11.5. The number of rotatable bonds is 5. The number of hydrogen-bond acceptors (Lipinski definition) is 2. The Kier molecular flexibility index (Phi) is 5.15. The lowest BCUT2D eigenvalue weighted by atomic mass is 10.0. The number of carboxylic acid groups (broad SMARTS) is 1. The molecule has 0 saturated carbocycles. The van der Waals surface area contributed by atoms with E-state index in [1.54, 1.807) is 12.1 Å². The Bertz CT molecular complexity index is 416. The predicted molar refractivity (Wildman–Crippen MR) is 68.0 cm³/mol. The molecule has 5 heteroatoms. The van der Waals surface area contributed by atoms with Gasteiger partial charge in [-0.15, -0.1) is 0 Å². The fourth-order valence-corrected chi connectivity index (χ4v) is 1.90. The Balaban J connectivity index is 2.88. The van der Waals surface area contributed by atoms with Crippen LogP contribution in [0.5, 0.6) is 0 Å². The second kappa shape index (κ2) is 6.15. The molecule has 0 bridgehead atoms. The van der Waals surface area contributed by atoms with Gasteiger partial charge >= 0.3 is 5.97 Å². The zero-order chi connectivity index (χ0) is 12.1. The van der Waals surface area contributed by atoms with E-state index in [2.05, 4.69) is 31.9 Å². The third-order valence-electron chi connectivity index (χ3n) is 2.00. The average Bonchev–Trinajstić information content (AvgIpc) is 2.22. The van der Waals surface area contributed by atoms with Crippen molar-refractivity contribution in [2.45, 2.75) is 12.8 Å². The minimum absolute atomic E-state index is 0.0447. The quantitative estimate of drug-likeness (QED) is 0.831. The van der Waals surface area contributed by atoms with Gasteiger partial charge in [-0.05, 0) is 17.2 Å². The molecule has 86 valence electrons. The maximum atomic E-state index is 11.2. The molecule has 0 radical (unpaired) electrons. The summed E-state index contributed by atoms with van der Waals surface area (Å²) in [6.45, 7) is 0. The highest BCUT2D eigenvalue weighted by molar-refractivity contribution is 9.10. The van der Waals surface area contributed by atoms with Gasteiger partial charge in [0.15, 0.2) is 0 Å². The Labute approximate surface area is 110 Å². The number of carboxylic acids is 1. The highest BCUT2D eigenvalue weighted by atomic mass is 79.9. The molecule has 1 aromatic carbocycles. The Morgan fingerprint density at radius 3 is 2.50 bits per heavy atom. The molecule has 0 aliphatic rings. The molecule has 3 nitrogen and oxygen atoms in total. The molecular weight excluding hydrogens is 340 g/mol. The smallest absolute Gasteiger partial charge is 0.307 e. The Morgan fingerprint density at radius 1 is 1.25 bits per heavy atom. The second-order valence-corrected chi connectivity index (χ2v) is 4.76. The molecule has 0 aliphatic heterocycles. The number of carbonyl (C=O) groups excluding carboxylic acids is 1. The van der Waals surface area contributed by atoms with E-state index in [1.165, 1.54) is 0 Å². The maximum absolute atomic E-state index is 11.2. The van der Waals surface area contributed by atoms with Crippen LogP contribution in [0.3, 0.4) is 0 Å². The molecule has 1 aromatic rings. The van der Waals surface area contributed by atoms with Gasteiger partial charge in [-0.3, -0.25) is 9.59 Å². The lowest BCUT2D eigenvalue weighted by molar-refractivity contribution is -0.136. The van der Waals surface area contributed by atoms with Gasteiger partial charge in [0.05, 0.1) is 11.8 Å². The fourth-order valence-electron chi connectivity index (χ4n) is 1.31. The first kappa shape index (κ1) is 13.4. The van der Waals surface area contributed by atoms with Crippen LogP contribution in [-0.2, 0) is 22.4 Å². The van der Waals surface area contributed by atoms with Crippen molar-refractivity contribution in [2.75, 3.05) is 5.33 Å². The molecule has 1 N–H and O–H groups in total. The van der Waals surface area contributed by atoms with Crippen LogP contribution in [0.25, 0.3) is 0 Å². The van der Waals surface area contributed by atoms with Crippen LogP contribution in [0, 0.1) is 0 Å². The molecule has 0 amide bonds. The summed E-state index contributed by atoms with van der Waals surface area (Å²) in [5, 5.41) is 9.03. The number of Topliss-reactive ketones (excluding diaryl/α,β-unsaturated/α-hetero) is 1. The van der Waals surface area contributed by atoms with Crippen molar-refractivity contribution in [1.29, 1.82) is 0 Å². The summed E-state index contributed by atoms with van der Waals surface area (Å²) < 4.78 is 0.755. The molecule has 0 atom stereocenters. The molecule has 0 fully saturated rings. The van der Waals surface area contributed by atoms with Crippen molar-refractivity contribution in [2.24, 2.45) is 0 Å². The van der Waals surface area contributed by atoms with Gasteiger partial charge in [0.25, 0.3) is 0 Å². The van der Waals surface area contributed by atoms with Gasteiger partial charge in [0.1, 0.15) is 5.78 Å². The number of benzene rings is 1. The van der Waals surface area contributed by atoms with Crippen LogP contribution < -0.4 is 0 Å². The monoisotopic (exact) mass is 348 g/mol. The highest BCUT2D eigenvalue weighted by Gasteiger charge is 2.08. The number of alkyl halides is 1. The largest absolute Gasteiger partial charge is 0.481 e. The predicted octanol–water partition coefficient (Wildman–Crippen LogP) is 2.58. The molecule has 0 spiro atoms. The van der Waals surface area contributed by atoms with E-state index < -0.39 is 5.97 Å². The minimum atomic E-state index is -0.885. The third kappa shape index (κ3) is 4.06. The Morgan fingerprint density at radius 2 is 1.94 bits per heavy atom. The van der Waals surface area contributed by atoms with Gasteiger partial charge in [-0.25, -0.2) is 0 Å². The minimum Gasteiger partial charge on any atom is -0.481 e. The zero-order valence-electron chi connectivity index (χ0n) is 8.37. The van der Waals surface area contributed by atoms with Gasteiger partial charge < -0.3 is 5.11 Å². The summed E-state index contributed by atoms with van der Waals surface area (Å²) in [4.78, 5) is 21.8. The van der Waals surface area contributed by atoms with Gasteiger partial charge in [0.2, 0.25) is 0 Å². The van der Waals surface area contributed by atoms with Crippen LogP contribution in [0.1, 0.15) is 11.1 Å². The van der Waals surface area contributed by atoms with Crippen molar-refractivity contribution >= 4 is 43.6 Å². The van der Waals surface area contributed by atoms with Crippen LogP contribution >= 0.6 is 31.9 Å². The van der Waals surface area contributed by atoms with E-state index in [1.807, 2.05) is 6.07 Å². The highest BCUT2D eigenvalue weighted by Crippen LogP contribution is 2.19. The van der Waals surface area contributed by atoms with Crippen LogP contribution in [0.4, 0.5) is 0 Å². The average molecular weight is 350 g/mol. The SMILES string of the molecule is O=C(O)Cc1cc(CC(=O)CBr)ccc1Br. The van der Waals surface area contributed by atoms with Gasteiger partial charge in [-0.2, -0.15) is 0 Å². The number of carbonyl (C=O) groups is 2. The van der Waals surface area contributed by atoms with Crippen molar-refractivity contribution < 1.29 is 14.7 Å². The van der Waals surface area contributed by atoms with E-state index in [0.29, 0.717) is 17.3 Å². The topological polar surface area (TPSA) is 54.4 Å². The number of aliphatic carboxylic acids is 1. The summed E-state index contributed by atoms with van der Waals surface area (Å²) in [5.74, 6) is -0.812. The van der Waals surface area contributed by atoms with Crippen molar-refractivity contribution in [3.63, 3.8) is 0 Å².